The van der Waals surface area contributed by atoms with Gasteiger partial charge in [-0.2, -0.15) is 0 Å². The number of ether oxygens (including phenoxy) is 1. The molecule has 2 heterocycles. The minimum absolute atomic E-state index is 0.221. The lowest BCUT2D eigenvalue weighted by Crippen LogP contribution is -2.13. The number of methoxy groups -OCH3 is 1. The Morgan fingerprint density at radius 1 is 0.968 bits per heavy atom. The van der Waals surface area contributed by atoms with Crippen molar-refractivity contribution in [3.63, 3.8) is 0 Å². The predicted molar refractivity (Wildman–Crippen MR) is 129 cm³/mol. The number of fused-ring (bicyclic) bond motifs is 2. The van der Waals surface area contributed by atoms with Crippen LogP contribution in [0.2, 0.25) is 0 Å². The van der Waals surface area contributed by atoms with Gasteiger partial charge in [-0.05, 0) is 42.5 Å². The molecular formula is C24H16BrN3O2S. The lowest BCUT2D eigenvalue weighted by molar-refractivity contribution is 0.102. The lowest BCUT2D eigenvalue weighted by Gasteiger charge is -2.10. The number of amides is 1. The molecule has 5 nitrogen and oxygen atoms in total. The number of rotatable bonds is 4. The smallest absolute Gasteiger partial charge is 0.258 e. The van der Waals surface area contributed by atoms with Crippen LogP contribution in [0.4, 0.5) is 5.13 Å². The van der Waals surface area contributed by atoms with Crippen molar-refractivity contribution in [1.29, 1.82) is 0 Å². The Bertz CT molecular complexity index is 1450. The zero-order valence-electron chi connectivity index (χ0n) is 16.4. The van der Waals surface area contributed by atoms with Gasteiger partial charge in [0.15, 0.2) is 5.13 Å². The summed E-state index contributed by atoms with van der Waals surface area (Å²) in [7, 11) is 1.63. The Balaban J connectivity index is 1.57. The van der Waals surface area contributed by atoms with Gasteiger partial charge in [0.25, 0.3) is 5.91 Å². The van der Waals surface area contributed by atoms with E-state index in [1.54, 1.807) is 7.11 Å². The molecule has 7 heteroatoms. The highest BCUT2D eigenvalue weighted by atomic mass is 79.9. The maximum absolute atomic E-state index is 13.3. The standard InChI is InChI=1S/C24H16BrN3O2S/c1-30-16-6-4-5-14(11-16)21-13-18(17-7-2-3-8-19(17)26-21)23(29)28-24-27-20-10-9-15(25)12-22(20)31-24/h2-13H,1H3,(H,27,28,29). The molecule has 31 heavy (non-hydrogen) atoms. The summed E-state index contributed by atoms with van der Waals surface area (Å²) < 4.78 is 7.32. The first kappa shape index (κ1) is 19.7. The number of anilines is 1. The van der Waals surface area contributed by atoms with Crippen molar-refractivity contribution in [2.75, 3.05) is 12.4 Å². The van der Waals surface area contributed by atoms with E-state index in [0.717, 1.165) is 36.9 Å². The van der Waals surface area contributed by atoms with Crippen molar-refractivity contribution in [3.05, 3.63) is 82.8 Å². The van der Waals surface area contributed by atoms with Gasteiger partial charge in [0.2, 0.25) is 0 Å². The van der Waals surface area contributed by atoms with Crippen LogP contribution in [-0.4, -0.2) is 23.0 Å². The van der Waals surface area contributed by atoms with Crippen molar-refractivity contribution in [1.82, 2.24) is 9.97 Å². The van der Waals surface area contributed by atoms with Gasteiger partial charge >= 0.3 is 0 Å². The predicted octanol–water partition coefficient (Wildman–Crippen LogP) is 6.53. The van der Waals surface area contributed by atoms with Gasteiger partial charge in [-0.15, -0.1) is 0 Å². The van der Waals surface area contributed by atoms with Crippen LogP contribution in [0.3, 0.4) is 0 Å². The van der Waals surface area contributed by atoms with Crippen molar-refractivity contribution in [2.24, 2.45) is 0 Å². The first-order chi connectivity index (χ1) is 15.1. The number of carbonyl (C=O) groups excluding carboxylic acids is 1. The Morgan fingerprint density at radius 3 is 2.71 bits per heavy atom. The third-order valence-corrected chi connectivity index (χ3v) is 6.32. The van der Waals surface area contributed by atoms with E-state index in [1.165, 1.54) is 11.3 Å². The number of benzene rings is 3. The van der Waals surface area contributed by atoms with Crippen molar-refractivity contribution < 1.29 is 9.53 Å². The number of hydrogen-bond acceptors (Lipinski definition) is 5. The molecule has 0 saturated carbocycles. The van der Waals surface area contributed by atoms with Crippen LogP contribution in [0, 0.1) is 0 Å². The number of para-hydroxylation sites is 1. The quantitative estimate of drug-likeness (QED) is 0.311. The molecule has 2 aromatic heterocycles. The van der Waals surface area contributed by atoms with Gasteiger partial charge in [-0.1, -0.05) is 57.6 Å². The fraction of sp³-hybridized carbons (Fsp3) is 0.0417. The normalized spacial score (nSPS) is 11.0. The number of halogens is 1. The van der Waals surface area contributed by atoms with Crippen LogP contribution in [0.25, 0.3) is 32.4 Å². The first-order valence-electron chi connectivity index (χ1n) is 9.52. The molecule has 0 radical (unpaired) electrons. The van der Waals surface area contributed by atoms with Crippen LogP contribution in [0.15, 0.2) is 77.3 Å². The van der Waals surface area contributed by atoms with Crippen LogP contribution in [0.5, 0.6) is 5.75 Å². The summed E-state index contributed by atoms with van der Waals surface area (Å²) in [5.41, 5.74) is 3.73. The van der Waals surface area contributed by atoms with Crippen LogP contribution < -0.4 is 10.1 Å². The van der Waals surface area contributed by atoms with E-state index >= 15 is 0 Å². The summed E-state index contributed by atoms with van der Waals surface area (Å²) >= 11 is 4.91. The second-order valence-corrected chi connectivity index (χ2v) is 8.84. The zero-order chi connectivity index (χ0) is 21.4. The van der Waals surface area contributed by atoms with Crippen molar-refractivity contribution in [3.8, 4) is 17.0 Å². The molecule has 3 aromatic carbocycles. The zero-order valence-corrected chi connectivity index (χ0v) is 18.8. The van der Waals surface area contributed by atoms with E-state index in [9.17, 15) is 4.79 Å². The number of hydrogen-bond donors (Lipinski definition) is 1. The SMILES string of the molecule is COc1cccc(-c2cc(C(=O)Nc3nc4ccc(Br)cc4s3)c3ccccc3n2)c1. The highest BCUT2D eigenvalue weighted by Gasteiger charge is 2.16. The molecule has 0 fully saturated rings. The van der Waals surface area contributed by atoms with E-state index in [1.807, 2.05) is 72.8 Å². The number of nitrogens with one attached hydrogen (secondary N) is 1. The van der Waals surface area contributed by atoms with E-state index in [-0.39, 0.29) is 5.91 Å². The molecule has 0 saturated heterocycles. The fourth-order valence-corrected chi connectivity index (χ4v) is 4.82. The van der Waals surface area contributed by atoms with Gasteiger partial charge in [0.1, 0.15) is 5.75 Å². The second kappa shape index (κ2) is 8.09. The van der Waals surface area contributed by atoms with E-state index in [2.05, 4.69) is 26.2 Å². The topological polar surface area (TPSA) is 64.1 Å². The third-order valence-electron chi connectivity index (χ3n) is 4.90. The number of carbonyl (C=O) groups is 1. The van der Waals surface area contributed by atoms with E-state index in [0.29, 0.717) is 16.4 Å². The molecule has 5 rings (SSSR count). The summed E-state index contributed by atoms with van der Waals surface area (Å²) in [6.07, 6.45) is 0. The Morgan fingerprint density at radius 2 is 1.84 bits per heavy atom. The molecule has 0 aliphatic heterocycles. The van der Waals surface area contributed by atoms with E-state index in [4.69, 9.17) is 9.72 Å². The Labute approximate surface area is 190 Å². The maximum atomic E-state index is 13.3. The Kier molecular flexibility index (Phi) is 5.13. The van der Waals surface area contributed by atoms with Crippen LogP contribution in [0.1, 0.15) is 10.4 Å². The molecule has 0 aliphatic carbocycles. The molecule has 0 unspecified atom stereocenters. The molecule has 1 N–H and O–H groups in total. The first-order valence-corrected chi connectivity index (χ1v) is 11.1. The monoisotopic (exact) mass is 489 g/mol. The number of thiazole rings is 1. The number of nitrogens with zero attached hydrogens (tertiary/aromatic N) is 2. The summed E-state index contributed by atoms with van der Waals surface area (Å²) in [5.74, 6) is 0.514. The molecule has 0 atom stereocenters. The minimum atomic E-state index is -0.221. The number of aromatic nitrogens is 2. The average molecular weight is 490 g/mol. The molecule has 0 spiro atoms. The maximum Gasteiger partial charge on any atom is 0.258 e. The fourth-order valence-electron chi connectivity index (χ4n) is 3.41. The molecule has 0 aliphatic rings. The summed E-state index contributed by atoms with van der Waals surface area (Å²) in [6, 6.07) is 22.9. The van der Waals surface area contributed by atoms with Gasteiger partial charge in [-0.3, -0.25) is 10.1 Å². The van der Waals surface area contributed by atoms with Gasteiger partial charge in [0.05, 0.1) is 34.1 Å². The van der Waals surface area contributed by atoms with E-state index < -0.39 is 0 Å². The summed E-state index contributed by atoms with van der Waals surface area (Å²) in [5, 5.41) is 4.31. The average Bonchev–Trinajstić information content (AvgIpc) is 3.19. The Hall–Kier alpha value is -3.29. The largest absolute Gasteiger partial charge is 0.497 e. The van der Waals surface area contributed by atoms with Gasteiger partial charge < -0.3 is 4.74 Å². The third kappa shape index (κ3) is 3.89. The van der Waals surface area contributed by atoms with Crippen molar-refractivity contribution >= 4 is 59.4 Å². The molecular weight excluding hydrogens is 474 g/mol. The molecule has 152 valence electrons. The summed E-state index contributed by atoms with van der Waals surface area (Å²) in [6.45, 7) is 0. The van der Waals surface area contributed by atoms with Gasteiger partial charge in [-0.25, -0.2) is 9.97 Å². The lowest BCUT2D eigenvalue weighted by atomic mass is 10.0. The highest BCUT2D eigenvalue weighted by molar-refractivity contribution is 9.10. The number of pyridine rings is 1. The molecule has 5 aromatic rings. The van der Waals surface area contributed by atoms with Gasteiger partial charge in [0, 0.05) is 15.4 Å². The highest BCUT2D eigenvalue weighted by Crippen LogP contribution is 2.31. The molecule has 1 amide bonds. The molecule has 0 bridgehead atoms. The van der Waals surface area contributed by atoms with Crippen LogP contribution >= 0.6 is 27.3 Å². The van der Waals surface area contributed by atoms with Crippen molar-refractivity contribution in [2.45, 2.75) is 0 Å². The summed E-state index contributed by atoms with van der Waals surface area (Å²) in [4.78, 5) is 22.6. The van der Waals surface area contributed by atoms with Crippen LogP contribution in [-0.2, 0) is 0 Å². The second-order valence-electron chi connectivity index (χ2n) is 6.89. The minimum Gasteiger partial charge on any atom is -0.497 e.